The van der Waals surface area contributed by atoms with Crippen LogP contribution in [0.15, 0.2) is 30.3 Å². The molecule has 3 aliphatic rings. The molecule has 1 spiro atoms. The zero-order chi connectivity index (χ0) is 16.4. The minimum absolute atomic E-state index is 0.0559. The Hall–Kier alpha value is -1.43. The molecule has 0 radical (unpaired) electrons. The van der Waals surface area contributed by atoms with Crippen LogP contribution in [-0.2, 0) is 14.3 Å². The van der Waals surface area contributed by atoms with E-state index in [1.807, 2.05) is 35.2 Å². The van der Waals surface area contributed by atoms with Crippen molar-refractivity contribution in [3.8, 4) is 0 Å². The third-order valence-electron chi connectivity index (χ3n) is 5.67. The highest BCUT2D eigenvalue weighted by atomic mass is 16.5. The maximum absolute atomic E-state index is 12.5. The van der Waals surface area contributed by atoms with E-state index in [9.17, 15) is 4.79 Å². The third-order valence-corrected chi connectivity index (χ3v) is 5.67. The molecule has 0 N–H and O–H groups in total. The van der Waals surface area contributed by atoms with Gasteiger partial charge in [0.25, 0.3) is 5.91 Å². The number of nitrogens with zero attached hydrogens (tertiary/aromatic N) is 2. The molecule has 24 heavy (non-hydrogen) atoms. The van der Waals surface area contributed by atoms with Crippen LogP contribution in [0, 0.1) is 5.41 Å². The molecule has 5 nitrogen and oxygen atoms in total. The lowest BCUT2D eigenvalue weighted by Crippen LogP contribution is -2.45. The second-order valence-electron chi connectivity index (χ2n) is 7.37. The Bertz CT molecular complexity index is 573. The van der Waals surface area contributed by atoms with E-state index in [-0.39, 0.29) is 17.9 Å². The van der Waals surface area contributed by atoms with Crippen molar-refractivity contribution in [1.29, 1.82) is 0 Å². The molecule has 1 atom stereocenters. The summed E-state index contributed by atoms with van der Waals surface area (Å²) in [5, 5.41) is 0. The van der Waals surface area contributed by atoms with Crippen LogP contribution in [-0.4, -0.2) is 62.9 Å². The average Bonchev–Trinajstić information content (AvgIpc) is 2.98. The van der Waals surface area contributed by atoms with Crippen LogP contribution in [0.4, 0.5) is 5.69 Å². The first-order valence-electron chi connectivity index (χ1n) is 9.01. The van der Waals surface area contributed by atoms with Gasteiger partial charge in [0.15, 0.2) is 0 Å². The molecule has 130 valence electrons. The first-order chi connectivity index (χ1) is 11.8. The van der Waals surface area contributed by atoms with Gasteiger partial charge in [-0.05, 0) is 37.9 Å². The van der Waals surface area contributed by atoms with E-state index in [1.165, 1.54) is 0 Å². The van der Waals surface area contributed by atoms with E-state index >= 15 is 0 Å². The Balaban J connectivity index is 1.51. The lowest BCUT2D eigenvalue weighted by molar-refractivity contribution is -0.122. The maximum Gasteiger partial charge on any atom is 0.252 e. The van der Waals surface area contributed by atoms with Crippen molar-refractivity contribution in [2.45, 2.75) is 25.3 Å². The summed E-state index contributed by atoms with van der Waals surface area (Å²) in [6.07, 6.45) is 3.34. The molecule has 3 saturated heterocycles. The molecular formula is C19H26N2O3. The number of ether oxygens (including phenoxy) is 2. The Morgan fingerprint density at radius 1 is 1.04 bits per heavy atom. The fourth-order valence-corrected chi connectivity index (χ4v) is 4.32. The molecule has 4 rings (SSSR count). The standard InChI is InChI=1S/C19H26N2O3/c22-18-12-24-15-19(14-21(18)17-4-2-1-3-5-17)8-9-20(13-19)16-6-10-23-11-7-16/h1-5,16H,6-15H2. The van der Waals surface area contributed by atoms with Crippen molar-refractivity contribution in [1.82, 2.24) is 4.90 Å². The van der Waals surface area contributed by atoms with Crippen LogP contribution in [0.1, 0.15) is 19.3 Å². The van der Waals surface area contributed by atoms with E-state index in [4.69, 9.17) is 9.47 Å². The van der Waals surface area contributed by atoms with Gasteiger partial charge in [-0.1, -0.05) is 18.2 Å². The molecule has 0 bridgehead atoms. The monoisotopic (exact) mass is 330 g/mol. The summed E-state index contributed by atoms with van der Waals surface area (Å²) in [5.41, 5.74) is 1.04. The van der Waals surface area contributed by atoms with Gasteiger partial charge in [-0.3, -0.25) is 9.69 Å². The maximum atomic E-state index is 12.5. The molecular weight excluding hydrogens is 304 g/mol. The van der Waals surface area contributed by atoms with Gasteiger partial charge in [0.1, 0.15) is 6.61 Å². The molecule has 3 aliphatic heterocycles. The Kier molecular flexibility index (Phi) is 4.57. The van der Waals surface area contributed by atoms with Crippen molar-refractivity contribution in [2.75, 3.05) is 51.0 Å². The van der Waals surface area contributed by atoms with E-state index in [2.05, 4.69) is 4.90 Å². The van der Waals surface area contributed by atoms with E-state index in [0.717, 1.165) is 57.8 Å². The lowest BCUT2D eigenvalue weighted by atomic mass is 9.87. The van der Waals surface area contributed by atoms with Gasteiger partial charge in [-0.2, -0.15) is 0 Å². The summed E-state index contributed by atoms with van der Waals surface area (Å²) in [5.74, 6) is 0.0718. The van der Waals surface area contributed by atoms with Crippen molar-refractivity contribution in [3.63, 3.8) is 0 Å². The van der Waals surface area contributed by atoms with Gasteiger partial charge in [0.05, 0.1) is 6.61 Å². The van der Waals surface area contributed by atoms with Gasteiger partial charge >= 0.3 is 0 Å². The van der Waals surface area contributed by atoms with Gasteiger partial charge in [-0.25, -0.2) is 0 Å². The minimum atomic E-state index is 0.0559. The molecule has 0 saturated carbocycles. The largest absolute Gasteiger partial charge is 0.381 e. The molecule has 1 aromatic carbocycles. The van der Waals surface area contributed by atoms with Gasteiger partial charge in [-0.15, -0.1) is 0 Å². The van der Waals surface area contributed by atoms with Crippen molar-refractivity contribution in [2.24, 2.45) is 5.41 Å². The number of hydrogen-bond acceptors (Lipinski definition) is 4. The molecule has 3 heterocycles. The summed E-state index contributed by atoms with van der Waals surface area (Å²) < 4.78 is 11.3. The lowest BCUT2D eigenvalue weighted by Gasteiger charge is -2.35. The zero-order valence-corrected chi connectivity index (χ0v) is 14.2. The summed E-state index contributed by atoms with van der Waals surface area (Å²) in [4.78, 5) is 17.0. The Labute approximate surface area is 143 Å². The number of anilines is 1. The highest BCUT2D eigenvalue weighted by molar-refractivity contribution is 5.94. The van der Waals surface area contributed by atoms with Crippen molar-refractivity contribution >= 4 is 11.6 Å². The number of para-hydroxylation sites is 1. The van der Waals surface area contributed by atoms with Crippen LogP contribution in [0.5, 0.6) is 0 Å². The highest BCUT2D eigenvalue weighted by Gasteiger charge is 2.44. The number of rotatable bonds is 2. The summed E-state index contributed by atoms with van der Waals surface area (Å²) in [6, 6.07) is 10.6. The van der Waals surface area contributed by atoms with Crippen LogP contribution in [0.25, 0.3) is 0 Å². The third kappa shape index (κ3) is 3.21. The van der Waals surface area contributed by atoms with E-state index in [0.29, 0.717) is 12.6 Å². The number of likely N-dealkylation sites (tertiary alicyclic amines) is 1. The molecule has 3 fully saturated rings. The molecule has 0 aliphatic carbocycles. The number of carbonyl (C=O) groups is 1. The number of amides is 1. The molecule has 0 aromatic heterocycles. The summed E-state index contributed by atoms with van der Waals surface area (Å²) in [7, 11) is 0. The number of benzene rings is 1. The summed E-state index contributed by atoms with van der Waals surface area (Å²) in [6.45, 7) is 5.50. The highest BCUT2D eigenvalue weighted by Crippen LogP contribution is 2.37. The fraction of sp³-hybridized carbons (Fsp3) is 0.632. The van der Waals surface area contributed by atoms with Crippen molar-refractivity contribution in [3.05, 3.63) is 30.3 Å². The van der Waals surface area contributed by atoms with Gasteiger partial charge < -0.3 is 14.4 Å². The summed E-state index contributed by atoms with van der Waals surface area (Å²) >= 11 is 0. The SMILES string of the molecule is O=C1COCC2(CCN(C3CCOCC3)C2)CN1c1ccccc1. The minimum Gasteiger partial charge on any atom is -0.381 e. The second kappa shape index (κ2) is 6.82. The molecule has 5 heteroatoms. The van der Waals surface area contributed by atoms with Crippen LogP contribution in [0.2, 0.25) is 0 Å². The van der Waals surface area contributed by atoms with E-state index < -0.39 is 0 Å². The Morgan fingerprint density at radius 2 is 1.83 bits per heavy atom. The normalized spacial score (nSPS) is 30.0. The van der Waals surface area contributed by atoms with Gasteiger partial charge in [0, 0.05) is 43.4 Å². The number of hydrogen-bond donors (Lipinski definition) is 0. The smallest absolute Gasteiger partial charge is 0.252 e. The number of carbonyl (C=O) groups excluding carboxylic acids is 1. The zero-order valence-electron chi connectivity index (χ0n) is 14.2. The molecule has 1 unspecified atom stereocenters. The predicted octanol–water partition coefficient (Wildman–Crippen LogP) is 1.92. The first kappa shape index (κ1) is 16.1. The average molecular weight is 330 g/mol. The molecule has 1 aromatic rings. The van der Waals surface area contributed by atoms with Crippen LogP contribution < -0.4 is 4.90 Å². The Morgan fingerprint density at radius 3 is 2.62 bits per heavy atom. The first-order valence-corrected chi connectivity index (χ1v) is 9.01. The fourth-order valence-electron chi connectivity index (χ4n) is 4.32. The van der Waals surface area contributed by atoms with Crippen LogP contribution >= 0.6 is 0 Å². The van der Waals surface area contributed by atoms with Gasteiger partial charge in [0.2, 0.25) is 0 Å². The second-order valence-corrected chi connectivity index (χ2v) is 7.37. The molecule has 1 amide bonds. The van der Waals surface area contributed by atoms with E-state index in [1.54, 1.807) is 0 Å². The van der Waals surface area contributed by atoms with Crippen LogP contribution in [0.3, 0.4) is 0 Å². The van der Waals surface area contributed by atoms with Crippen molar-refractivity contribution < 1.29 is 14.3 Å². The topological polar surface area (TPSA) is 42.0 Å². The quantitative estimate of drug-likeness (QED) is 0.831. The predicted molar refractivity (Wildman–Crippen MR) is 92.1 cm³/mol.